The van der Waals surface area contributed by atoms with Crippen LogP contribution in [0.1, 0.15) is 0 Å². The van der Waals surface area contributed by atoms with Gasteiger partial charge in [-0.2, -0.15) is 0 Å². The molecule has 0 unspecified atom stereocenters. The van der Waals surface area contributed by atoms with Crippen LogP contribution in [0.2, 0.25) is 0 Å². The quantitative estimate of drug-likeness (QED) is 0.237. The van der Waals surface area contributed by atoms with Crippen molar-refractivity contribution in [3.05, 3.63) is 0 Å². The van der Waals surface area contributed by atoms with Crippen molar-refractivity contribution in [2.75, 3.05) is 13.6 Å². The molecule has 0 aliphatic carbocycles. The Hall–Kier alpha value is 0.461. The first kappa shape index (κ1) is 16.9. The summed E-state index contributed by atoms with van der Waals surface area (Å²) in [6, 6.07) is 0. The van der Waals surface area contributed by atoms with Crippen LogP contribution in [0.15, 0.2) is 0 Å². The van der Waals surface area contributed by atoms with E-state index >= 15 is 0 Å². The Morgan fingerprint density at radius 3 is 2.36 bits per heavy atom. The van der Waals surface area contributed by atoms with Gasteiger partial charge in [0.2, 0.25) is 0 Å². The third-order valence-electron chi connectivity index (χ3n) is 0.991. The first-order valence-corrected chi connectivity index (χ1v) is 4.48. The number of likely N-dealkylation sites (N-methyl/N-ethyl adjacent to an activating group) is 1. The predicted molar refractivity (Wildman–Crippen MR) is 44.0 cm³/mol. The van der Waals surface area contributed by atoms with Gasteiger partial charge in [-0.3, -0.25) is 5.41 Å². The summed E-state index contributed by atoms with van der Waals surface area (Å²) in [7, 11) is -4.03. The van der Waals surface area contributed by atoms with Gasteiger partial charge in [-0.1, -0.05) is 0 Å². The smallest absolute Gasteiger partial charge is 0.780 e. The molecule has 0 atom stereocenters. The summed E-state index contributed by atoms with van der Waals surface area (Å²) in [5, 5.41) is 6.80. The Morgan fingerprint density at radius 2 is 2.07 bits per heavy atom. The van der Waals surface area contributed by atoms with Crippen LogP contribution in [0.25, 0.3) is 0 Å². The third-order valence-corrected chi connectivity index (χ3v) is 1.42. The van der Waals surface area contributed by atoms with E-state index in [1.807, 2.05) is 0 Å². The Labute approximate surface area is 121 Å². The Balaban J connectivity index is 0. The molecule has 0 bridgehead atoms. The SMILES string of the molecule is CN(CC(=O)OP(=O)([O-])[O-])C(=N)N.[Ba+2]. The minimum atomic E-state index is -5.30. The number of hydrogen-bond acceptors (Lipinski definition) is 6. The zero-order chi connectivity index (χ0) is 10.6. The van der Waals surface area contributed by atoms with E-state index in [0.717, 1.165) is 4.90 Å². The molecule has 0 spiro atoms. The van der Waals surface area contributed by atoms with Crippen LogP contribution in [-0.4, -0.2) is 79.3 Å². The van der Waals surface area contributed by atoms with Gasteiger partial charge in [-0.25, -0.2) is 4.79 Å². The van der Waals surface area contributed by atoms with Gasteiger partial charge in [-0.15, -0.1) is 0 Å². The van der Waals surface area contributed by atoms with Gasteiger partial charge in [0.05, 0.1) is 0 Å². The van der Waals surface area contributed by atoms with Crippen LogP contribution in [0.4, 0.5) is 0 Å². The molecule has 0 aromatic rings. The molecular formula is C4H8BaN3O5P. The number of hydrogen-bond donors (Lipinski definition) is 2. The van der Waals surface area contributed by atoms with E-state index < -0.39 is 26.3 Å². The molecule has 0 aliphatic rings. The van der Waals surface area contributed by atoms with E-state index in [1.165, 1.54) is 7.05 Å². The minimum Gasteiger partial charge on any atom is -0.780 e. The van der Waals surface area contributed by atoms with E-state index in [0.29, 0.717) is 0 Å². The fourth-order valence-electron chi connectivity index (χ4n) is 0.432. The second-order valence-electron chi connectivity index (χ2n) is 2.15. The van der Waals surface area contributed by atoms with Crippen LogP contribution in [0.3, 0.4) is 0 Å². The van der Waals surface area contributed by atoms with Crippen LogP contribution in [-0.2, 0) is 13.9 Å². The van der Waals surface area contributed by atoms with Gasteiger partial charge < -0.3 is 29.5 Å². The van der Waals surface area contributed by atoms with Gasteiger partial charge in [0.25, 0.3) is 0 Å². The molecule has 0 aromatic heterocycles. The molecule has 0 saturated heterocycles. The molecule has 0 rings (SSSR count). The molecule has 0 aliphatic heterocycles. The number of guanidine groups is 1. The molecule has 0 heterocycles. The van der Waals surface area contributed by atoms with Gasteiger partial charge in [-0.05, 0) is 0 Å². The summed E-state index contributed by atoms with van der Waals surface area (Å²) in [6.07, 6.45) is 0. The van der Waals surface area contributed by atoms with Crippen LogP contribution >= 0.6 is 7.82 Å². The van der Waals surface area contributed by atoms with Gasteiger partial charge in [0, 0.05) is 7.05 Å². The van der Waals surface area contributed by atoms with E-state index in [4.69, 9.17) is 11.1 Å². The number of carbonyl (C=O) groups excluding carboxylic acids is 1. The number of carbonyl (C=O) groups is 1. The second kappa shape index (κ2) is 6.86. The van der Waals surface area contributed by atoms with E-state index in [-0.39, 0.29) is 48.9 Å². The third kappa shape index (κ3) is 9.03. The van der Waals surface area contributed by atoms with Crippen molar-refractivity contribution >= 4 is 68.6 Å². The van der Waals surface area contributed by atoms with Crippen molar-refractivity contribution in [1.29, 1.82) is 5.41 Å². The van der Waals surface area contributed by atoms with E-state index in [2.05, 4.69) is 4.52 Å². The van der Waals surface area contributed by atoms with Crippen molar-refractivity contribution in [2.24, 2.45) is 5.73 Å². The molecule has 14 heavy (non-hydrogen) atoms. The number of nitrogens with one attached hydrogen (secondary N) is 1. The monoisotopic (exact) mass is 347 g/mol. The van der Waals surface area contributed by atoms with Crippen LogP contribution < -0.4 is 15.5 Å². The maximum absolute atomic E-state index is 10.6. The van der Waals surface area contributed by atoms with Crippen molar-refractivity contribution in [3.8, 4) is 0 Å². The molecule has 0 aromatic carbocycles. The normalized spacial score (nSPS) is 9.93. The number of nitrogens with zero attached hydrogens (tertiary/aromatic N) is 1. The molecule has 0 amide bonds. The molecular weight excluding hydrogens is 338 g/mol. The fourth-order valence-corrected chi connectivity index (χ4v) is 0.740. The number of rotatable bonds is 3. The Kier molecular flexibility index (Phi) is 8.26. The summed E-state index contributed by atoms with van der Waals surface area (Å²) in [5.41, 5.74) is 4.92. The molecule has 0 radical (unpaired) electrons. The predicted octanol–water partition coefficient (Wildman–Crippen LogP) is -3.20. The van der Waals surface area contributed by atoms with Crippen LogP contribution in [0, 0.1) is 5.41 Å². The van der Waals surface area contributed by atoms with Crippen LogP contribution in [0.5, 0.6) is 0 Å². The van der Waals surface area contributed by atoms with Crippen molar-refractivity contribution in [2.45, 2.75) is 0 Å². The molecule has 0 saturated carbocycles. The Bertz CT molecular complexity index is 266. The molecule has 10 heteroatoms. The van der Waals surface area contributed by atoms with Crippen molar-refractivity contribution in [3.63, 3.8) is 0 Å². The van der Waals surface area contributed by atoms with Crippen molar-refractivity contribution < 1.29 is 23.7 Å². The van der Waals surface area contributed by atoms with Gasteiger partial charge in [0.15, 0.2) is 5.96 Å². The summed E-state index contributed by atoms with van der Waals surface area (Å²) < 4.78 is 13.4. The minimum absolute atomic E-state index is 0. The topological polar surface area (TPSA) is 143 Å². The zero-order valence-electron chi connectivity index (χ0n) is 7.43. The van der Waals surface area contributed by atoms with Crippen molar-refractivity contribution in [1.82, 2.24) is 4.90 Å². The first-order valence-electron chi connectivity index (χ1n) is 3.02. The molecule has 0 fully saturated rings. The average molecular weight is 346 g/mol. The summed E-state index contributed by atoms with van der Waals surface area (Å²) in [5.74, 6) is -1.71. The first-order chi connectivity index (χ1) is 5.72. The Morgan fingerprint density at radius 1 is 1.64 bits per heavy atom. The standard InChI is InChI=1S/C4H10N3O5P.Ba/c1-7(4(5)6)2-3(8)12-13(9,10)11;/h2H2,1H3,(H3,5,6)(H2,9,10,11);/q;+2/p-2. The maximum Gasteiger partial charge on any atom is 2.00 e. The number of nitrogens with two attached hydrogens (primary N) is 1. The number of phosphoric acid groups is 1. The summed E-state index contributed by atoms with van der Waals surface area (Å²) >= 11 is 0. The maximum atomic E-state index is 10.6. The molecule has 8 nitrogen and oxygen atoms in total. The fraction of sp³-hybridized carbons (Fsp3) is 0.500. The second-order valence-corrected chi connectivity index (χ2v) is 3.23. The average Bonchev–Trinajstić information content (AvgIpc) is 1.81. The molecule has 3 N–H and O–H groups in total. The largest absolute Gasteiger partial charge is 2.00 e. The van der Waals surface area contributed by atoms with Gasteiger partial charge >= 0.3 is 54.9 Å². The zero-order valence-corrected chi connectivity index (χ0v) is 12.8. The summed E-state index contributed by atoms with van der Waals surface area (Å²) in [6.45, 7) is -0.566. The van der Waals surface area contributed by atoms with Gasteiger partial charge in [0.1, 0.15) is 14.4 Å². The van der Waals surface area contributed by atoms with E-state index in [1.54, 1.807) is 0 Å². The molecule has 76 valence electrons. The van der Waals surface area contributed by atoms with E-state index in [9.17, 15) is 19.1 Å². The summed E-state index contributed by atoms with van der Waals surface area (Å²) in [4.78, 5) is 31.3. The number of phosphoric ester groups is 1.